The van der Waals surface area contributed by atoms with Gasteiger partial charge in [-0.25, -0.2) is 0 Å². The standard InChI is InChI=1S/C15H21N3O2/c1-4-19-15(7-5-6-8-15)13-17-12(20-18-13)11-10(9-16)14(11,2)3/h10-11H,4-8H2,1-3H3. The average Bonchev–Trinajstić information content (AvgIpc) is 2.88. The molecule has 1 aromatic rings. The summed E-state index contributed by atoms with van der Waals surface area (Å²) >= 11 is 0. The molecule has 108 valence electrons. The van der Waals surface area contributed by atoms with Crippen molar-refractivity contribution in [1.29, 1.82) is 5.26 Å². The quantitative estimate of drug-likeness (QED) is 0.844. The monoisotopic (exact) mass is 275 g/mol. The lowest BCUT2D eigenvalue weighted by molar-refractivity contribution is -0.0469. The molecule has 2 saturated carbocycles. The zero-order valence-electron chi connectivity index (χ0n) is 12.3. The first-order valence-electron chi connectivity index (χ1n) is 7.43. The van der Waals surface area contributed by atoms with Gasteiger partial charge in [0.1, 0.15) is 5.60 Å². The van der Waals surface area contributed by atoms with Gasteiger partial charge in [-0.15, -0.1) is 0 Å². The van der Waals surface area contributed by atoms with E-state index in [0.717, 1.165) is 25.7 Å². The lowest BCUT2D eigenvalue weighted by Crippen LogP contribution is -2.27. The van der Waals surface area contributed by atoms with Crippen LogP contribution in [0.25, 0.3) is 0 Å². The zero-order chi connectivity index (χ0) is 14.4. The van der Waals surface area contributed by atoms with E-state index in [9.17, 15) is 0 Å². The first-order valence-corrected chi connectivity index (χ1v) is 7.43. The molecule has 2 aliphatic carbocycles. The van der Waals surface area contributed by atoms with Gasteiger partial charge >= 0.3 is 0 Å². The molecule has 2 aliphatic rings. The van der Waals surface area contributed by atoms with Crippen LogP contribution >= 0.6 is 0 Å². The van der Waals surface area contributed by atoms with Crippen LogP contribution in [-0.4, -0.2) is 16.7 Å². The Morgan fingerprint density at radius 1 is 1.40 bits per heavy atom. The van der Waals surface area contributed by atoms with Crippen LogP contribution in [0.4, 0.5) is 0 Å². The minimum absolute atomic E-state index is 0.0255. The van der Waals surface area contributed by atoms with E-state index in [0.29, 0.717) is 18.3 Å². The number of nitrogens with zero attached hydrogens (tertiary/aromatic N) is 3. The van der Waals surface area contributed by atoms with Crippen LogP contribution in [0, 0.1) is 22.7 Å². The number of rotatable bonds is 4. The molecule has 0 N–H and O–H groups in total. The smallest absolute Gasteiger partial charge is 0.231 e. The van der Waals surface area contributed by atoms with E-state index < -0.39 is 0 Å². The fourth-order valence-electron chi connectivity index (χ4n) is 3.54. The largest absolute Gasteiger partial charge is 0.367 e. The SMILES string of the molecule is CCOC1(c2noc(C3C(C#N)C3(C)C)n2)CCCC1. The van der Waals surface area contributed by atoms with Crippen LogP contribution in [0.5, 0.6) is 0 Å². The summed E-state index contributed by atoms with van der Waals surface area (Å²) in [6.45, 7) is 6.79. The summed E-state index contributed by atoms with van der Waals surface area (Å²) in [5.41, 5.74) is -0.426. The Labute approximate surface area is 119 Å². The summed E-state index contributed by atoms with van der Waals surface area (Å²) in [7, 11) is 0. The summed E-state index contributed by atoms with van der Waals surface area (Å²) in [4.78, 5) is 4.58. The van der Waals surface area contributed by atoms with Gasteiger partial charge in [-0.1, -0.05) is 19.0 Å². The summed E-state index contributed by atoms with van der Waals surface area (Å²) in [6, 6.07) is 2.33. The average molecular weight is 275 g/mol. The number of ether oxygens (including phenoxy) is 1. The Morgan fingerprint density at radius 2 is 2.10 bits per heavy atom. The number of nitriles is 1. The van der Waals surface area contributed by atoms with Crippen LogP contribution in [-0.2, 0) is 10.3 Å². The maximum absolute atomic E-state index is 9.16. The van der Waals surface area contributed by atoms with E-state index in [1.54, 1.807) is 0 Å². The fourth-order valence-corrected chi connectivity index (χ4v) is 3.54. The van der Waals surface area contributed by atoms with Crippen molar-refractivity contribution in [2.75, 3.05) is 6.61 Å². The number of aromatic nitrogens is 2. The highest BCUT2D eigenvalue weighted by Gasteiger charge is 2.62. The van der Waals surface area contributed by atoms with Crippen molar-refractivity contribution >= 4 is 0 Å². The second-order valence-electron chi connectivity index (χ2n) is 6.50. The minimum Gasteiger partial charge on any atom is -0.367 e. The van der Waals surface area contributed by atoms with Gasteiger partial charge in [0.25, 0.3) is 0 Å². The molecule has 2 fully saturated rings. The van der Waals surface area contributed by atoms with E-state index >= 15 is 0 Å². The van der Waals surface area contributed by atoms with Gasteiger partial charge in [0, 0.05) is 6.61 Å². The highest BCUT2D eigenvalue weighted by atomic mass is 16.5. The lowest BCUT2D eigenvalue weighted by Gasteiger charge is -2.24. The Balaban J connectivity index is 1.86. The Hall–Kier alpha value is -1.41. The summed E-state index contributed by atoms with van der Waals surface area (Å²) < 4.78 is 11.4. The molecule has 0 saturated heterocycles. The second-order valence-corrected chi connectivity index (χ2v) is 6.50. The van der Waals surface area contributed by atoms with Crippen molar-refractivity contribution in [2.24, 2.45) is 11.3 Å². The molecular formula is C15H21N3O2. The van der Waals surface area contributed by atoms with Crippen LogP contribution in [0.2, 0.25) is 0 Å². The normalized spacial score (nSPS) is 30.1. The zero-order valence-corrected chi connectivity index (χ0v) is 12.3. The van der Waals surface area contributed by atoms with Crippen LogP contribution < -0.4 is 0 Å². The topological polar surface area (TPSA) is 71.9 Å². The molecule has 20 heavy (non-hydrogen) atoms. The third-order valence-electron chi connectivity index (χ3n) is 4.91. The van der Waals surface area contributed by atoms with Crippen molar-refractivity contribution in [3.05, 3.63) is 11.7 Å². The van der Waals surface area contributed by atoms with Gasteiger partial charge < -0.3 is 9.26 Å². The molecular weight excluding hydrogens is 254 g/mol. The molecule has 0 bridgehead atoms. The molecule has 2 unspecified atom stereocenters. The molecule has 0 amide bonds. The molecule has 5 heteroatoms. The first kappa shape index (κ1) is 13.6. The van der Waals surface area contributed by atoms with Crippen molar-refractivity contribution in [2.45, 2.75) is 58.0 Å². The Kier molecular flexibility index (Phi) is 3.09. The van der Waals surface area contributed by atoms with E-state index in [1.165, 1.54) is 0 Å². The van der Waals surface area contributed by atoms with Gasteiger partial charge in [-0.05, 0) is 38.0 Å². The molecule has 5 nitrogen and oxygen atoms in total. The summed E-state index contributed by atoms with van der Waals surface area (Å²) in [5.74, 6) is 1.31. The van der Waals surface area contributed by atoms with Crippen molar-refractivity contribution in [1.82, 2.24) is 10.1 Å². The second kappa shape index (κ2) is 4.56. The predicted molar refractivity (Wildman–Crippen MR) is 71.7 cm³/mol. The molecule has 0 radical (unpaired) electrons. The number of hydrogen-bond donors (Lipinski definition) is 0. The van der Waals surface area contributed by atoms with Crippen LogP contribution in [0.15, 0.2) is 4.52 Å². The first-order chi connectivity index (χ1) is 9.55. The maximum atomic E-state index is 9.16. The summed E-state index contributed by atoms with van der Waals surface area (Å²) in [5, 5.41) is 13.3. The van der Waals surface area contributed by atoms with Crippen molar-refractivity contribution in [3.8, 4) is 6.07 Å². The highest BCUT2D eigenvalue weighted by molar-refractivity contribution is 5.26. The van der Waals surface area contributed by atoms with Gasteiger partial charge in [0.15, 0.2) is 0 Å². The number of hydrogen-bond acceptors (Lipinski definition) is 5. The van der Waals surface area contributed by atoms with Gasteiger partial charge in [0.05, 0.1) is 17.9 Å². The molecule has 1 aromatic heterocycles. The third kappa shape index (κ3) is 1.86. The predicted octanol–water partition coefficient (Wildman–Crippen LogP) is 3.14. The molecule has 1 heterocycles. The highest BCUT2D eigenvalue weighted by Crippen LogP contribution is 2.63. The lowest BCUT2D eigenvalue weighted by atomic mass is 10.0. The van der Waals surface area contributed by atoms with Crippen molar-refractivity contribution in [3.63, 3.8) is 0 Å². The van der Waals surface area contributed by atoms with E-state index in [-0.39, 0.29) is 22.9 Å². The van der Waals surface area contributed by atoms with E-state index in [2.05, 4.69) is 30.1 Å². The Bertz CT molecular complexity index is 538. The van der Waals surface area contributed by atoms with Gasteiger partial charge in [0.2, 0.25) is 11.7 Å². The minimum atomic E-state index is -0.363. The maximum Gasteiger partial charge on any atom is 0.231 e. The molecule has 0 aliphatic heterocycles. The van der Waals surface area contributed by atoms with E-state index in [4.69, 9.17) is 14.5 Å². The van der Waals surface area contributed by atoms with Gasteiger partial charge in [-0.3, -0.25) is 0 Å². The molecule has 3 rings (SSSR count). The van der Waals surface area contributed by atoms with Crippen LogP contribution in [0.3, 0.4) is 0 Å². The third-order valence-corrected chi connectivity index (χ3v) is 4.91. The summed E-state index contributed by atoms with van der Waals surface area (Å²) in [6.07, 6.45) is 4.18. The van der Waals surface area contributed by atoms with E-state index in [1.807, 2.05) is 6.92 Å². The molecule has 0 aromatic carbocycles. The van der Waals surface area contributed by atoms with Gasteiger partial charge in [-0.2, -0.15) is 10.2 Å². The molecule has 2 atom stereocenters. The molecule has 0 spiro atoms. The van der Waals surface area contributed by atoms with Crippen molar-refractivity contribution < 1.29 is 9.26 Å². The fraction of sp³-hybridized carbons (Fsp3) is 0.800. The van der Waals surface area contributed by atoms with Crippen LogP contribution in [0.1, 0.15) is 64.1 Å². The Morgan fingerprint density at radius 3 is 2.65 bits per heavy atom.